The molecule has 10 heteroatoms. The molecule has 0 bridgehead atoms. The number of carbonyl (C=O) groups is 1. The van der Waals surface area contributed by atoms with E-state index in [2.05, 4.69) is 15.5 Å². The Labute approximate surface area is 157 Å². The van der Waals surface area contributed by atoms with Gasteiger partial charge in [0.25, 0.3) is 5.91 Å². The van der Waals surface area contributed by atoms with E-state index in [9.17, 15) is 23.1 Å². The van der Waals surface area contributed by atoms with Crippen molar-refractivity contribution < 1.29 is 27.8 Å². The van der Waals surface area contributed by atoms with Gasteiger partial charge in [0.2, 0.25) is 5.82 Å². The summed E-state index contributed by atoms with van der Waals surface area (Å²) in [6.07, 6.45) is -3.55. The van der Waals surface area contributed by atoms with Crippen molar-refractivity contribution in [1.29, 1.82) is 0 Å². The largest absolute Gasteiger partial charge is 0.504 e. The van der Waals surface area contributed by atoms with Crippen molar-refractivity contribution in [3.05, 3.63) is 53.9 Å². The maximum atomic E-state index is 13.2. The summed E-state index contributed by atoms with van der Waals surface area (Å²) < 4.78 is 45.5. The predicted octanol–water partition coefficient (Wildman–Crippen LogP) is 2.92. The highest BCUT2D eigenvalue weighted by molar-refractivity contribution is 5.86. The van der Waals surface area contributed by atoms with Crippen LogP contribution in [-0.2, 0) is 17.5 Å². The number of nitrogens with one attached hydrogen (secondary N) is 1. The molecule has 0 aliphatic carbocycles. The van der Waals surface area contributed by atoms with Gasteiger partial charge in [-0.05, 0) is 24.3 Å². The highest BCUT2D eigenvalue weighted by Crippen LogP contribution is 2.31. The number of nitrogens with zero attached hydrogens (tertiary/aromatic N) is 3. The van der Waals surface area contributed by atoms with Crippen LogP contribution in [0, 0.1) is 0 Å². The number of aromatic hydroxyl groups is 1. The number of aromatic nitrogens is 2. The fourth-order valence-electron chi connectivity index (χ4n) is 2.61. The van der Waals surface area contributed by atoms with Gasteiger partial charge in [-0.15, -0.1) is 0 Å². The Morgan fingerprint density at radius 3 is 2.75 bits per heavy atom. The van der Waals surface area contributed by atoms with E-state index in [-0.39, 0.29) is 28.1 Å². The molecular formula is C18H15F3N4O3. The number of halogens is 3. The van der Waals surface area contributed by atoms with Crippen molar-refractivity contribution in [2.24, 2.45) is 5.10 Å². The lowest BCUT2D eigenvalue weighted by molar-refractivity contribution is -0.147. The lowest BCUT2D eigenvalue weighted by Gasteiger charge is -2.10. The number of rotatable bonds is 5. The number of imidazole rings is 1. The SMILES string of the molecule is COc1cccc(C=NNC(=O)Cn2c(C(F)(F)F)nc3ccccc32)c1O. The van der Waals surface area contributed by atoms with E-state index in [1.807, 2.05) is 0 Å². The smallest absolute Gasteiger partial charge is 0.449 e. The molecule has 0 atom stereocenters. The molecule has 146 valence electrons. The van der Waals surface area contributed by atoms with Crippen LogP contribution in [0.5, 0.6) is 11.5 Å². The normalized spacial score (nSPS) is 11.9. The van der Waals surface area contributed by atoms with E-state index in [1.54, 1.807) is 18.2 Å². The molecule has 3 rings (SSSR count). The number of fused-ring (bicyclic) bond motifs is 1. The zero-order chi connectivity index (χ0) is 20.3. The highest BCUT2D eigenvalue weighted by Gasteiger charge is 2.37. The van der Waals surface area contributed by atoms with E-state index in [1.165, 1.54) is 31.4 Å². The Hall–Kier alpha value is -3.56. The van der Waals surface area contributed by atoms with Crippen molar-refractivity contribution in [2.45, 2.75) is 12.7 Å². The second-order valence-corrected chi connectivity index (χ2v) is 5.70. The van der Waals surface area contributed by atoms with Crippen molar-refractivity contribution in [3.63, 3.8) is 0 Å². The van der Waals surface area contributed by atoms with Crippen LogP contribution in [0.4, 0.5) is 13.2 Å². The first kappa shape index (κ1) is 19.2. The third-order valence-electron chi connectivity index (χ3n) is 3.85. The summed E-state index contributed by atoms with van der Waals surface area (Å²) >= 11 is 0. The molecule has 1 aromatic heterocycles. The monoisotopic (exact) mass is 392 g/mol. The Balaban J connectivity index is 1.79. The molecule has 28 heavy (non-hydrogen) atoms. The Morgan fingerprint density at radius 1 is 1.29 bits per heavy atom. The van der Waals surface area contributed by atoms with Gasteiger partial charge < -0.3 is 14.4 Å². The average molecular weight is 392 g/mol. The van der Waals surface area contributed by atoms with Crippen LogP contribution in [0.3, 0.4) is 0 Å². The first-order valence-corrected chi connectivity index (χ1v) is 8.01. The van der Waals surface area contributed by atoms with Gasteiger partial charge >= 0.3 is 6.18 Å². The molecule has 2 N–H and O–H groups in total. The number of benzene rings is 2. The summed E-state index contributed by atoms with van der Waals surface area (Å²) in [5.74, 6) is -1.91. The zero-order valence-electron chi connectivity index (χ0n) is 14.6. The predicted molar refractivity (Wildman–Crippen MR) is 95.1 cm³/mol. The van der Waals surface area contributed by atoms with Crippen molar-refractivity contribution in [1.82, 2.24) is 15.0 Å². The Morgan fingerprint density at radius 2 is 2.04 bits per heavy atom. The quantitative estimate of drug-likeness (QED) is 0.516. The van der Waals surface area contributed by atoms with Gasteiger partial charge in [0.15, 0.2) is 11.5 Å². The van der Waals surface area contributed by atoms with E-state index < -0.39 is 24.5 Å². The van der Waals surface area contributed by atoms with Gasteiger partial charge in [0, 0.05) is 5.56 Å². The molecule has 0 aliphatic heterocycles. The molecule has 0 aliphatic rings. The van der Waals surface area contributed by atoms with Gasteiger partial charge in [-0.25, -0.2) is 10.4 Å². The third kappa shape index (κ3) is 3.90. The maximum Gasteiger partial charge on any atom is 0.449 e. The van der Waals surface area contributed by atoms with Gasteiger partial charge in [0.1, 0.15) is 6.54 Å². The maximum absolute atomic E-state index is 13.2. The summed E-state index contributed by atoms with van der Waals surface area (Å²) in [5, 5.41) is 13.6. The fourth-order valence-corrected chi connectivity index (χ4v) is 2.61. The second kappa shape index (κ2) is 7.59. The van der Waals surface area contributed by atoms with Crippen LogP contribution in [-0.4, -0.2) is 33.9 Å². The minimum absolute atomic E-state index is 0.132. The molecule has 1 heterocycles. The van der Waals surface area contributed by atoms with Crippen molar-refractivity contribution in [3.8, 4) is 11.5 Å². The van der Waals surface area contributed by atoms with Crippen LogP contribution in [0.15, 0.2) is 47.6 Å². The van der Waals surface area contributed by atoms with Gasteiger partial charge in [-0.1, -0.05) is 18.2 Å². The molecule has 1 amide bonds. The molecular weight excluding hydrogens is 377 g/mol. The van der Waals surface area contributed by atoms with Crippen LogP contribution in [0.25, 0.3) is 11.0 Å². The minimum atomic E-state index is -4.71. The molecule has 0 radical (unpaired) electrons. The number of amides is 1. The standard InChI is InChI=1S/C18H15F3N4O3/c1-28-14-8-4-5-11(16(14)27)9-22-24-15(26)10-25-13-7-3-2-6-12(13)23-17(25)18(19,20)21/h2-9,27H,10H2,1H3,(H,24,26). The van der Waals surface area contributed by atoms with Crippen LogP contribution >= 0.6 is 0 Å². The minimum Gasteiger partial charge on any atom is -0.504 e. The van der Waals surface area contributed by atoms with E-state index in [4.69, 9.17) is 4.74 Å². The molecule has 0 saturated carbocycles. The van der Waals surface area contributed by atoms with E-state index >= 15 is 0 Å². The van der Waals surface area contributed by atoms with Crippen LogP contribution in [0.1, 0.15) is 11.4 Å². The summed E-state index contributed by atoms with van der Waals surface area (Å²) in [5.41, 5.74) is 2.72. The second-order valence-electron chi connectivity index (χ2n) is 5.70. The molecule has 0 unspecified atom stereocenters. The number of hydrogen-bond acceptors (Lipinski definition) is 5. The molecule has 3 aromatic rings. The zero-order valence-corrected chi connectivity index (χ0v) is 14.6. The fraction of sp³-hybridized carbons (Fsp3) is 0.167. The molecule has 0 saturated heterocycles. The Bertz CT molecular complexity index is 1040. The lowest BCUT2D eigenvalue weighted by Crippen LogP contribution is -2.26. The number of phenols is 1. The van der Waals surface area contributed by atoms with Crippen LogP contribution < -0.4 is 10.2 Å². The molecule has 2 aromatic carbocycles. The Kier molecular flexibility index (Phi) is 5.21. The highest BCUT2D eigenvalue weighted by atomic mass is 19.4. The number of ether oxygens (including phenoxy) is 1. The van der Waals surface area contributed by atoms with E-state index in [0.29, 0.717) is 0 Å². The summed E-state index contributed by atoms with van der Waals surface area (Å²) in [4.78, 5) is 15.7. The number of hydrazone groups is 1. The summed E-state index contributed by atoms with van der Waals surface area (Å²) in [7, 11) is 1.38. The number of methoxy groups -OCH3 is 1. The third-order valence-corrected chi connectivity index (χ3v) is 3.85. The van der Waals surface area contributed by atoms with Crippen molar-refractivity contribution in [2.75, 3.05) is 7.11 Å². The number of phenolic OH excluding ortho intramolecular Hbond substituents is 1. The lowest BCUT2D eigenvalue weighted by atomic mass is 10.2. The van der Waals surface area contributed by atoms with Crippen LogP contribution in [0.2, 0.25) is 0 Å². The molecule has 0 fully saturated rings. The number of alkyl halides is 3. The molecule has 0 spiro atoms. The summed E-state index contributed by atoms with van der Waals surface area (Å²) in [6, 6.07) is 10.7. The number of para-hydroxylation sites is 3. The first-order chi connectivity index (χ1) is 13.3. The van der Waals surface area contributed by atoms with Crippen molar-refractivity contribution >= 4 is 23.2 Å². The molecule has 7 nitrogen and oxygen atoms in total. The average Bonchev–Trinajstić information content (AvgIpc) is 3.02. The van der Waals surface area contributed by atoms with Gasteiger partial charge in [-0.3, -0.25) is 4.79 Å². The van der Waals surface area contributed by atoms with Gasteiger partial charge in [-0.2, -0.15) is 18.3 Å². The number of carbonyl (C=O) groups excluding carboxylic acids is 1. The topological polar surface area (TPSA) is 88.7 Å². The number of hydrogen-bond donors (Lipinski definition) is 2. The summed E-state index contributed by atoms with van der Waals surface area (Å²) in [6.45, 7) is -0.628. The first-order valence-electron chi connectivity index (χ1n) is 8.01. The van der Waals surface area contributed by atoms with Gasteiger partial charge in [0.05, 0.1) is 24.4 Å². The van der Waals surface area contributed by atoms with E-state index in [0.717, 1.165) is 10.8 Å².